The van der Waals surface area contributed by atoms with E-state index in [0.29, 0.717) is 29.5 Å². The number of carbonyl (C=O) groups excluding carboxylic acids is 4. The molecule has 3 amide bonds. The molecule has 3 fully saturated rings. The minimum Gasteiger partial charge on any atom is -0.384 e. The molecule has 2 saturated heterocycles. The summed E-state index contributed by atoms with van der Waals surface area (Å²) in [6, 6.07) is -2.15. The number of primary amides is 1. The average molecular weight is 564 g/mol. The van der Waals surface area contributed by atoms with Crippen molar-refractivity contribution in [3.05, 3.63) is 11.9 Å². The number of likely N-dealkylation sites (tertiary alicyclic amines) is 1. The molecule has 0 radical (unpaired) electrons. The molecule has 3 heterocycles. The molecule has 4 rings (SSSR count). The summed E-state index contributed by atoms with van der Waals surface area (Å²) in [5, 5.41) is 21.6. The highest BCUT2D eigenvalue weighted by molar-refractivity contribution is 7.99. The second-order valence-electron chi connectivity index (χ2n) is 11.7. The molecule has 0 aromatic carbocycles. The molecule has 0 bridgehead atoms. The lowest BCUT2D eigenvalue weighted by Crippen LogP contribution is -2.63. The molecule has 216 valence electrons. The SMILES string of the molecule is CC(C)(O)c1cnnn1[C@H]1C[C@@H](C(=O)NC2(C(=O)C(N)=O)CCSCC2)N(C(=O)C(N)CC2CCCCC2)C1. The van der Waals surface area contributed by atoms with Crippen LogP contribution in [-0.4, -0.2) is 84.2 Å². The lowest BCUT2D eigenvalue weighted by atomic mass is 9.84. The van der Waals surface area contributed by atoms with Gasteiger partial charge >= 0.3 is 0 Å². The number of hydrogen-bond donors (Lipinski definition) is 4. The zero-order chi connectivity index (χ0) is 28.4. The van der Waals surface area contributed by atoms with E-state index in [-0.39, 0.29) is 31.7 Å². The van der Waals surface area contributed by atoms with Crippen LogP contribution < -0.4 is 16.8 Å². The Morgan fingerprint density at radius 3 is 2.49 bits per heavy atom. The van der Waals surface area contributed by atoms with Gasteiger partial charge in [0.05, 0.1) is 24.0 Å². The number of rotatable bonds is 9. The number of nitrogens with two attached hydrogens (primary N) is 2. The van der Waals surface area contributed by atoms with Gasteiger partial charge in [-0.25, -0.2) is 4.68 Å². The highest BCUT2D eigenvalue weighted by Gasteiger charge is 2.48. The van der Waals surface area contributed by atoms with Gasteiger partial charge < -0.3 is 26.8 Å². The van der Waals surface area contributed by atoms with Crippen LogP contribution in [0.3, 0.4) is 0 Å². The molecule has 1 aromatic rings. The molecule has 39 heavy (non-hydrogen) atoms. The van der Waals surface area contributed by atoms with Gasteiger partial charge in [0.1, 0.15) is 17.2 Å². The molecule has 3 aliphatic rings. The third kappa shape index (κ3) is 6.46. The van der Waals surface area contributed by atoms with Crippen LogP contribution in [-0.2, 0) is 24.8 Å². The van der Waals surface area contributed by atoms with Crippen LogP contribution in [0.2, 0.25) is 0 Å². The maximum absolute atomic E-state index is 13.8. The Hall–Kier alpha value is -2.51. The third-order valence-corrected chi connectivity index (χ3v) is 9.39. The quantitative estimate of drug-likeness (QED) is 0.308. The summed E-state index contributed by atoms with van der Waals surface area (Å²) in [4.78, 5) is 53.8. The van der Waals surface area contributed by atoms with Gasteiger partial charge in [-0.3, -0.25) is 19.2 Å². The van der Waals surface area contributed by atoms with Crippen LogP contribution in [0.4, 0.5) is 0 Å². The van der Waals surface area contributed by atoms with E-state index in [1.54, 1.807) is 30.3 Å². The van der Waals surface area contributed by atoms with Crippen LogP contribution in [0.25, 0.3) is 0 Å². The molecular formula is C26H41N7O5S. The van der Waals surface area contributed by atoms with Crippen LogP contribution >= 0.6 is 11.8 Å². The van der Waals surface area contributed by atoms with E-state index in [4.69, 9.17) is 11.5 Å². The molecule has 1 aromatic heterocycles. The number of thioether (sulfide) groups is 1. The van der Waals surface area contributed by atoms with Crippen molar-refractivity contribution < 1.29 is 24.3 Å². The standard InChI is InChI=1S/C26H41N7O5S/c1-25(2,38)20-14-29-31-33(20)17-13-19(23(36)30-26(21(34)22(28)35)8-10-39-11-9-26)32(15-17)24(37)18(27)12-16-6-4-3-5-7-16/h14,16-19,38H,3-13,15,27H2,1-2H3,(H2,28,35)(H,30,36)/t17-,18?,19-/m0/s1. The summed E-state index contributed by atoms with van der Waals surface area (Å²) in [6.45, 7) is 3.38. The summed E-state index contributed by atoms with van der Waals surface area (Å²) in [6.07, 6.45) is 8.30. The summed E-state index contributed by atoms with van der Waals surface area (Å²) >= 11 is 1.64. The van der Waals surface area contributed by atoms with Crippen molar-refractivity contribution in [1.29, 1.82) is 0 Å². The normalized spacial score (nSPS) is 24.8. The van der Waals surface area contributed by atoms with Gasteiger partial charge in [0.2, 0.25) is 17.6 Å². The molecule has 2 aliphatic heterocycles. The van der Waals surface area contributed by atoms with E-state index < -0.39 is 46.9 Å². The number of aliphatic hydroxyl groups is 1. The van der Waals surface area contributed by atoms with Crippen molar-refractivity contribution in [1.82, 2.24) is 25.2 Å². The van der Waals surface area contributed by atoms with Gasteiger partial charge in [-0.1, -0.05) is 37.3 Å². The fourth-order valence-electron chi connectivity index (χ4n) is 6.21. The van der Waals surface area contributed by atoms with Gasteiger partial charge in [-0.15, -0.1) is 5.10 Å². The maximum atomic E-state index is 13.8. The van der Waals surface area contributed by atoms with Gasteiger partial charge in [0.15, 0.2) is 0 Å². The lowest BCUT2D eigenvalue weighted by Gasteiger charge is -2.37. The summed E-state index contributed by atoms with van der Waals surface area (Å²) in [5.74, 6) is -1.21. The van der Waals surface area contributed by atoms with Crippen LogP contribution in [0.1, 0.15) is 83.4 Å². The molecular weight excluding hydrogens is 522 g/mol. The largest absolute Gasteiger partial charge is 0.384 e. The minimum atomic E-state index is -1.39. The number of ketones is 1. The Morgan fingerprint density at radius 2 is 1.87 bits per heavy atom. The molecule has 6 N–H and O–H groups in total. The number of nitrogens with one attached hydrogen (secondary N) is 1. The van der Waals surface area contributed by atoms with Crippen molar-refractivity contribution in [3.63, 3.8) is 0 Å². The fourth-order valence-corrected chi connectivity index (χ4v) is 7.40. The van der Waals surface area contributed by atoms with Gasteiger partial charge in [-0.2, -0.15) is 11.8 Å². The van der Waals surface area contributed by atoms with E-state index in [0.717, 1.165) is 25.7 Å². The Morgan fingerprint density at radius 1 is 1.21 bits per heavy atom. The Kier molecular flexibility index (Phi) is 9.01. The smallest absolute Gasteiger partial charge is 0.287 e. The number of carbonyl (C=O) groups is 4. The average Bonchev–Trinajstić information content (AvgIpc) is 3.56. The van der Waals surface area contributed by atoms with E-state index in [2.05, 4.69) is 15.6 Å². The molecule has 12 nitrogen and oxygen atoms in total. The molecule has 0 spiro atoms. The predicted molar refractivity (Wildman–Crippen MR) is 145 cm³/mol. The molecule has 1 aliphatic carbocycles. The lowest BCUT2D eigenvalue weighted by molar-refractivity contribution is -0.144. The van der Waals surface area contributed by atoms with Crippen LogP contribution in [0, 0.1) is 5.92 Å². The monoisotopic (exact) mass is 563 g/mol. The molecule has 1 unspecified atom stereocenters. The van der Waals surface area contributed by atoms with Crippen LogP contribution in [0.5, 0.6) is 0 Å². The predicted octanol–water partition coefficient (Wildman–Crippen LogP) is 0.382. The topological polar surface area (TPSA) is 187 Å². The van der Waals surface area contributed by atoms with Gasteiger partial charge in [0.25, 0.3) is 5.91 Å². The zero-order valence-corrected chi connectivity index (χ0v) is 23.6. The first-order valence-electron chi connectivity index (χ1n) is 13.9. The number of hydrogen-bond acceptors (Lipinski definition) is 9. The highest BCUT2D eigenvalue weighted by Crippen LogP contribution is 2.34. The highest BCUT2D eigenvalue weighted by atomic mass is 32.2. The summed E-state index contributed by atoms with van der Waals surface area (Å²) < 4.78 is 1.56. The van der Waals surface area contributed by atoms with E-state index in [1.165, 1.54) is 17.5 Å². The number of nitrogens with zero attached hydrogens (tertiary/aromatic N) is 4. The third-order valence-electron chi connectivity index (χ3n) is 8.41. The molecule has 3 atom stereocenters. The second-order valence-corrected chi connectivity index (χ2v) is 13.0. The molecule has 1 saturated carbocycles. The summed E-state index contributed by atoms with van der Waals surface area (Å²) in [7, 11) is 0. The van der Waals surface area contributed by atoms with Crippen molar-refractivity contribution in [3.8, 4) is 0 Å². The van der Waals surface area contributed by atoms with Gasteiger partial charge in [0, 0.05) is 13.0 Å². The zero-order valence-electron chi connectivity index (χ0n) is 22.8. The Balaban J connectivity index is 1.60. The van der Waals surface area contributed by atoms with E-state index in [1.807, 2.05) is 0 Å². The number of aromatic nitrogens is 3. The van der Waals surface area contributed by atoms with Crippen molar-refractivity contribution in [2.45, 2.75) is 101 Å². The first-order valence-corrected chi connectivity index (χ1v) is 15.0. The number of amides is 3. The number of Topliss-reactive ketones (excluding diaryl/α,β-unsaturated/α-hetero) is 1. The first kappa shape index (κ1) is 29.5. The van der Waals surface area contributed by atoms with Gasteiger partial charge in [-0.05, 0) is 50.5 Å². The van der Waals surface area contributed by atoms with Crippen molar-refractivity contribution in [2.75, 3.05) is 18.1 Å². The second kappa shape index (κ2) is 11.9. The maximum Gasteiger partial charge on any atom is 0.287 e. The minimum absolute atomic E-state index is 0.147. The Bertz CT molecular complexity index is 1070. The van der Waals surface area contributed by atoms with Crippen LogP contribution in [0.15, 0.2) is 6.20 Å². The first-order chi connectivity index (χ1) is 18.4. The summed E-state index contributed by atoms with van der Waals surface area (Å²) in [5.41, 5.74) is 9.62. The van der Waals surface area contributed by atoms with Crippen molar-refractivity contribution >= 4 is 35.3 Å². The fraction of sp³-hybridized carbons (Fsp3) is 0.769. The van der Waals surface area contributed by atoms with Crippen molar-refractivity contribution in [2.24, 2.45) is 17.4 Å². The Labute approximate surface area is 233 Å². The van der Waals surface area contributed by atoms with E-state index in [9.17, 15) is 24.3 Å². The van der Waals surface area contributed by atoms with E-state index >= 15 is 0 Å². The molecule has 13 heteroatoms.